The molecule has 3 N–H and O–H groups in total. The van der Waals surface area contributed by atoms with Crippen molar-refractivity contribution in [2.45, 2.75) is 59.7 Å². The first kappa shape index (κ1) is 28.8. The number of carbonyl (C=O) groups is 2. The minimum absolute atomic E-state index is 0.0125. The van der Waals surface area contributed by atoms with Gasteiger partial charge in [0.05, 0.1) is 0 Å². The number of carbonyl (C=O) groups excluding carboxylic acids is 2. The molecule has 7 heteroatoms. The highest BCUT2D eigenvalue weighted by molar-refractivity contribution is 7.57. The fourth-order valence-electron chi connectivity index (χ4n) is 4.20. The smallest absolute Gasteiger partial charge is 0.242 e. The van der Waals surface area contributed by atoms with Crippen molar-refractivity contribution >= 4 is 19.2 Å². The summed E-state index contributed by atoms with van der Waals surface area (Å²) in [6, 6.07) is 17.2. The van der Waals surface area contributed by atoms with Gasteiger partial charge < -0.3 is 15.5 Å². The summed E-state index contributed by atoms with van der Waals surface area (Å²) in [5.41, 5.74) is 2.62. The average Bonchev–Trinajstić information content (AvgIpc) is 2.77. The molecule has 35 heavy (non-hydrogen) atoms. The Morgan fingerprint density at radius 1 is 0.914 bits per heavy atom. The van der Waals surface area contributed by atoms with Gasteiger partial charge in [-0.2, -0.15) is 0 Å². The van der Waals surface area contributed by atoms with Gasteiger partial charge in [0.1, 0.15) is 6.04 Å². The molecule has 0 heterocycles. The number of hydrogen-bond donors (Lipinski definition) is 3. The molecule has 0 saturated carbocycles. The van der Waals surface area contributed by atoms with E-state index in [4.69, 9.17) is 0 Å². The third-order valence-corrected chi connectivity index (χ3v) is 7.87. The van der Waals surface area contributed by atoms with Gasteiger partial charge in [0.15, 0.2) is 0 Å². The van der Waals surface area contributed by atoms with E-state index < -0.39 is 24.7 Å². The first-order valence-corrected chi connectivity index (χ1v) is 14.3. The standard InChI is InChI=1S/C28H41N2O4P/c1-20(2)16-24(26(31)30-25(27(32)29-6)28(3,4)5)19-35(33,34)18-23-14-12-22(13-15-23)17-21-10-8-7-9-11-21/h7-15,20,24-25H,16-19H2,1-6H3,(H,29,32)(H,30,31)(H,33,34)/t24?,25-/m0/s1. The van der Waals surface area contributed by atoms with Crippen molar-refractivity contribution in [1.82, 2.24) is 10.6 Å². The molecular weight excluding hydrogens is 459 g/mol. The summed E-state index contributed by atoms with van der Waals surface area (Å²) in [5, 5.41) is 5.45. The Balaban J connectivity index is 2.10. The number of amides is 2. The Bertz CT molecular complexity index is 1010. The van der Waals surface area contributed by atoms with E-state index in [1.165, 1.54) is 12.6 Å². The van der Waals surface area contributed by atoms with Crippen LogP contribution in [0.15, 0.2) is 54.6 Å². The summed E-state index contributed by atoms with van der Waals surface area (Å²) in [4.78, 5) is 36.4. The molecule has 0 spiro atoms. The van der Waals surface area contributed by atoms with Crippen LogP contribution < -0.4 is 10.6 Å². The third kappa shape index (κ3) is 9.62. The highest BCUT2D eigenvalue weighted by Crippen LogP contribution is 2.47. The molecule has 2 aromatic carbocycles. The largest absolute Gasteiger partial charge is 0.357 e. The molecule has 2 rings (SSSR count). The number of nitrogens with one attached hydrogen (secondary N) is 2. The maximum atomic E-state index is 13.2. The molecule has 0 aliphatic carbocycles. The molecule has 0 aromatic heterocycles. The number of hydrogen-bond acceptors (Lipinski definition) is 3. The average molecular weight is 501 g/mol. The van der Waals surface area contributed by atoms with Crippen LogP contribution in [0.2, 0.25) is 0 Å². The van der Waals surface area contributed by atoms with E-state index in [1.54, 1.807) is 0 Å². The van der Waals surface area contributed by atoms with E-state index in [-0.39, 0.29) is 30.1 Å². The Morgan fingerprint density at radius 3 is 1.97 bits per heavy atom. The molecule has 0 fully saturated rings. The molecule has 0 saturated heterocycles. The predicted octanol–water partition coefficient (Wildman–Crippen LogP) is 4.99. The Labute approximate surface area is 210 Å². The molecule has 0 aliphatic heterocycles. The lowest BCUT2D eigenvalue weighted by Gasteiger charge is -2.32. The molecule has 0 radical (unpaired) electrons. The minimum Gasteiger partial charge on any atom is -0.357 e. The summed E-state index contributed by atoms with van der Waals surface area (Å²) in [7, 11) is -2.10. The van der Waals surface area contributed by atoms with Crippen molar-refractivity contribution in [2.24, 2.45) is 17.3 Å². The van der Waals surface area contributed by atoms with Crippen molar-refractivity contribution in [2.75, 3.05) is 13.2 Å². The van der Waals surface area contributed by atoms with Gasteiger partial charge in [0.2, 0.25) is 19.2 Å². The van der Waals surface area contributed by atoms with Crippen LogP contribution in [0.1, 0.15) is 57.7 Å². The van der Waals surface area contributed by atoms with E-state index in [9.17, 15) is 19.0 Å². The van der Waals surface area contributed by atoms with Crippen LogP contribution in [0, 0.1) is 17.3 Å². The van der Waals surface area contributed by atoms with Crippen LogP contribution in [0.3, 0.4) is 0 Å². The molecule has 6 nitrogen and oxygen atoms in total. The van der Waals surface area contributed by atoms with Gasteiger partial charge in [-0.15, -0.1) is 0 Å². The van der Waals surface area contributed by atoms with E-state index in [1.807, 2.05) is 77.1 Å². The van der Waals surface area contributed by atoms with Gasteiger partial charge in [-0.1, -0.05) is 89.2 Å². The topological polar surface area (TPSA) is 95.5 Å². The van der Waals surface area contributed by atoms with Crippen LogP contribution in [0.25, 0.3) is 0 Å². The fourth-order valence-corrected chi connectivity index (χ4v) is 6.12. The second-order valence-electron chi connectivity index (χ2n) is 10.9. The molecule has 2 amide bonds. The number of rotatable bonds is 11. The van der Waals surface area contributed by atoms with Crippen LogP contribution in [-0.2, 0) is 26.7 Å². The van der Waals surface area contributed by atoms with E-state index in [0.29, 0.717) is 6.42 Å². The third-order valence-electron chi connectivity index (χ3n) is 6.00. The van der Waals surface area contributed by atoms with Gasteiger partial charge in [-0.05, 0) is 40.9 Å². The molecule has 2 aromatic rings. The SMILES string of the molecule is CNC(=O)[C@H](NC(=O)C(CC(C)C)CP(=O)(O)Cc1ccc(Cc2ccccc2)cc1)C(C)(C)C. The molecule has 192 valence electrons. The van der Waals surface area contributed by atoms with Crippen LogP contribution in [0.5, 0.6) is 0 Å². The maximum absolute atomic E-state index is 13.2. The van der Waals surface area contributed by atoms with Crippen LogP contribution in [0.4, 0.5) is 0 Å². The lowest BCUT2D eigenvalue weighted by Crippen LogP contribution is -2.54. The second kappa shape index (κ2) is 12.5. The first-order valence-electron chi connectivity index (χ1n) is 12.3. The molecule has 3 atom stereocenters. The van der Waals surface area contributed by atoms with E-state index in [2.05, 4.69) is 22.8 Å². The van der Waals surface area contributed by atoms with E-state index >= 15 is 0 Å². The lowest BCUT2D eigenvalue weighted by atomic mass is 9.85. The lowest BCUT2D eigenvalue weighted by molar-refractivity contribution is -0.133. The fraction of sp³-hybridized carbons (Fsp3) is 0.500. The number of likely N-dealkylation sites (N-methyl/N-ethyl adjacent to an activating group) is 1. The van der Waals surface area contributed by atoms with E-state index in [0.717, 1.165) is 17.5 Å². The zero-order valence-electron chi connectivity index (χ0n) is 21.9. The summed E-state index contributed by atoms with van der Waals surface area (Å²) in [6.45, 7) is 9.59. The van der Waals surface area contributed by atoms with Crippen molar-refractivity contribution in [1.29, 1.82) is 0 Å². The quantitative estimate of drug-likeness (QED) is 0.379. The molecule has 0 aliphatic rings. The summed E-state index contributed by atoms with van der Waals surface area (Å²) >= 11 is 0. The van der Waals surface area contributed by atoms with Crippen LogP contribution in [-0.4, -0.2) is 36.0 Å². The Kier molecular flexibility index (Phi) is 10.3. The zero-order valence-corrected chi connectivity index (χ0v) is 22.8. The monoisotopic (exact) mass is 500 g/mol. The highest BCUT2D eigenvalue weighted by atomic mass is 31.2. The van der Waals surface area contributed by atoms with Gasteiger partial charge in [-0.3, -0.25) is 14.2 Å². The Hall–Kier alpha value is -2.43. The normalized spacial score (nSPS) is 15.2. The van der Waals surface area contributed by atoms with Crippen molar-refractivity contribution < 1.29 is 19.0 Å². The second-order valence-corrected chi connectivity index (χ2v) is 13.3. The van der Waals surface area contributed by atoms with Gasteiger partial charge >= 0.3 is 0 Å². The van der Waals surface area contributed by atoms with Gasteiger partial charge in [-0.25, -0.2) is 0 Å². The molecule has 0 bridgehead atoms. The minimum atomic E-state index is -3.64. The number of benzene rings is 2. The summed E-state index contributed by atoms with van der Waals surface area (Å²) in [6.07, 6.45) is 1.16. The maximum Gasteiger partial charge on any atom is 0.242 e. The van der Waals surface area contributed by atoms with Gasteiger partial charge in [0, 0.05) is 25.3 Å². The molecular formula is C28H41N2O4P. The van der Waals surface area contributed by atoms with Crippen molar-refractivity contribution in [3.63, 3.8) is 0 Å². The highest BCUT2D eigenvalue weighted by Gasteiger charge is 2.36. The van der Waals surface area contributed by atoms with Gasteiger partial charge in [0.25, 0.3) is 0 Å². The van der Waals surface area contributed by atoms with Crippen molar-refractivity contribution in [3.05, 3.63) is 71.3 Å². The molecule has 2 unspecified atom stereocenters. The Morgan fingerprint density at radius 2 is 1.46 bits per heavy atom. The predicted molar refractivity (Wildman–Crippen MR) is 142 cm³/mol. The van der Waals surface area contributed by atoms with Crippen molar-refractivity contribution in [3.8, 4) is 0 Å². The summed E-state index contributed by atoms with van der Waals surface area (Å²) < 4.78 is 13.2. The van der Waals surface area contributed by atoms with Crippen LogP contribution >= 0.6 is 7.37 Å². The zero-order chi connectivity index (χ0) is 26.2. The summed E-state index contributed by atoms with van der Waals surface area (Å²) in [5.74, 6) is -1.12. The first-order chi connectivity index (χ1) is 16.3.